The summed E-state index contributed by atoms with van der Waals surface area (Å²) in [7, 11) is 2.23. The summed E-state index contributed by atoms with van der Waals surface area (Å²) in [6.45, 7) is 2.15. The first kappa shape index (κ1) is 13.2. The SMILES string of the molecule is C[NH+](CCc1ccccn1)Cc1cccc(Br)c1. The highest BCUT2D eigenvalue weighted by Gasteiger charge is 2.05. The zero-order valence-corrected chi connectivity index (χ0v) is 12.2. The number of pyridine rings is 1. The van der Waals surface area contributed by atoms with Crippen LogP contribution in [0.4, 0.5) is 0 Å². The van der Waals surface area contributed by atoms with Crippen molar-refractivity contribution in [3.8, 4) is 0 Å². The number of hydrogen-bond acceptors (Lipinski definition) is 1. The van der Waals surface area contributed by atoms with Crippen LogP contribution in [0, 0.1) is 0 Å². The number of quaternary nitrogens is 1. The molecule has 1 atom stereocenters. The van der Waals surface area contributed by atoms with Gasteiger partial charge in [0.15, 0.2) is 0 Å². The van der Waals surface area contributed by atoms with Gasteiger partial charge >= 0.3 is 0 Å². The summed E-state index contributed by atoms with van der Waals surface area (Å²) in [5, 5.41) is 0. The molecule has 0 saturated heterocycles. The molecule has 3 heteroatoms. The zero-order chi connectivity index (χ0) is 12.8. The Hall–Kier alpha value is -1.19. The van der Waals surface area contributed by atoms with Crippen molar-refractivity contribution in [2.24, 2.45) is 0 Å². The van der Waals surface area contributed by atoms with Crippen LogP contribution in [0.25, 0.3) is 0 Å². The van der Waals surface area contributed by atoms with E-state index < -0.39 is 0 Å². The van der Waals surface area contributed by atoms with Crippen molar-refractivity contribution < 1.29 is 4.90 Å². The van der Waals surface area contributed by atoms with Crippen molar-refractivity contribution in [3.63, 3.8) is 0 Å². The van der Waals surface area contributed by atoms with Gasteiger partial charge in [0.1, 0.15) is 6.54 Å². The number of aromatic nitrogens is 1. The van der Waals surface area contributed by atoms with E-state index in [-0.39, 0.29) is 0 Å². The van der Waals surface area contributed by atoms with Crippen molar-refractivity contribution in [1.29, 1.82) is 0 Å². The third kappa shape index (κ3) is 4.24. The average molecular weight is 306 g/mol. The van der Waals surface area contributed by atoms with Crippen LogP contribution in [-0.2, 0) is 13.0 Å². The summed E-state index contributed by atoms with van der Waals surface area (Å²) < 4.78 is 1.15. The van der Waals surface area contributed by atoms with Crippen LogP contribution < -0.4 is 4.90 Å². The average Bonchev–Trinajstić information content (AvgIpc) is 2.38. The van der Waals surface area contributed by atoms with Crippen molar-refractivity contribution in [3.05, 3.63) is 64.4 Å². The van der Waals surface area contributed by atoms with Gasteiger partial charge in [0.05, 0.1) is 13.6 Å². The Morgan fingerprint density at radius 3 is 2.78 bits per heavy atom. The van der Waals surface area contributed by atoms with Gasteiger partial charge < -0.3 is 4.90 Å². The largest absolute Gasteiger partial charge is 0.333 e. The van der Waals surface area contributed by atoms with Gasteiger partial charge in [-0.3, -0.25) is 4.98 Å². The van der Waals surface area contributed by atoms with E-state index in [2.05, 4.69) is 58.3 Å². The van der Waals surface area contributed by atoms with Gasteiger partial charge in [-0.2, -0.15) is 0 Å². The van der Waals surface area contributed by atoms with Crippen LogP contribution in [0.5, 0.6) is 0 Å². The van der Waals surface area contributed by atoms with Gasteiger partial charge in [0, 0.05) is 28.3 Å². The van der Waals surface area contributed by atoms with Crippen LogP contribution >= 0.6 is 15.9 Å². The van der Waals surface area contributed by atoms with E-state index in [1.807, 2.05) is 18.3 Å². The molecule has 0 aliphatic rings. The molecule has 1 unspecified atom stereocenters. The normalized spacial score (nSPS) is 12.3. The van der Waals surface area contributed by atoms with Crippen molar-refractivity contribution in [2.45, 2.75) is 13.0 Å². The standard InChI is InChI=1S/C15H17BrN2/c1-18(10-8-15-7-2-3-9-17-15)12-13-5-4-6-14(16)11-13/h2-7,9,11H,8,10,12H2,1H3/p+1. The molecule has 0 saturated carbocycles. The number of nitrogens with zero attached hydrogens (tertiary/aromatic N) is 1. The second-order valence-electron chi connectivity index (χ2n) is 4.58. The first-order valence-corrected chi connectivity index (χ1v) is 6.99. The van der Waals surface area contributed by atoms with Crippen LogP contribution in [0.1, 0.15) is 11.3 Å². The molecular weight excluding hydrogens is 288 g/mol. The first-order chi connectivity index (χ1) is 8.74. The van der Waals surface area contributed by atoms with Gasteiger partial charge in [-0.05, 0) is 24.3 Å². The van der Waals surface area contributed by atoms with E-state index in [1.165, 1.54) is 16.2 Å². The van der Waals surface area contributed by atoms with E-state index in [0.29, 0.717) is 0 Å². The Kier molecular flexibility index (Phi) is 4.90. The molecule has 1 N–H and O–H groups in total. The van der Waals surface area contributed by atoms with Crippen molar-refractivity contribution in [2.75, 3.05) is 13.6 Å². The molecule has 2 nitrogen and oxygen atoms in total. The molecule has 0 amide bonds. The number of benzene rings is 1. The van der Waals surface area contributed by atoms with Crippen LogP contribution in [0.2, 0.25) is 0 Å². The highest BCUT2D eigenvalue weighted by Crippen LogP contribution is 2.10. The predicted molar refractivity (Wildman–Crippen MR) is 77.5 cm³/mol. The topological polar surface area (TPSA) is 17.3 Å². The molecule has 2 rings (SSSR count). The summed E-state index contributed by atoms with van der Waals surface area (Å²) in [6.07, 6.45) is 2.89. The minimum atomic E-state index is 1.03. The molecule has 2 aromatic rings. The molecule has 0 aliphatic heterocycles. The molecule has 18 heavy (non-hydrogen) atoms. The number of hydrogen-bond donors (Lipinski definition) is 1. The summed E-state index contributed by atoms with van der Waals surface area (Å²) in [5.41, 5.74) is 2.54. The third-order valence-electron chi connectivity index (χ3n) is 2.93. The van der Waals surface area contributed by atoms with Gasteiger partial charge in [-0.15, -0.1) is 0 Å². The van der Waals surface area contributed by atoms with Crippen LogP contribution in [0.15, 0.2) is 53.1 Å². The summed E-state index contributed by atoms with van der Waals surface area (Å²) in [5.74, 6) is 0. The maximum Gasteiger partial charge on any atom is 0.103 e. The fourth-order valence-corrected chi connectivity index (χ4v) is 2.42. The first-order valence-electron chi connectivity index (χ1n) is 6.20. The molecule has 1 aromatic heterocycles. The molecule has 0 bridgehead atoms. The van der Waals surface area contributed by atoms with Gasteiger partial charge in [0.25, 0.3) is 0 Å². The zero-order valence-electron chi connectivity index (χ0n) is 10.6. The monoisotopic (exact) mass is 305 g/mol. The fraction of sp³-hybridized carbons (Fsp3) is 0.267. The van der Waals surface area contributed by atoms with Crippen molar-refractivity contribution >= 4 is 15.9 Å². The van der Waals surface area contributed by atoms with E-state index in [9.17, 15) is 0 Å². The molecule has 0 aliphatic carbocycles. The Bertz CT molecular complexity index is 485. The Balaban J connectivity index is 1.84. The quantitative estimate of drug-likeness (QED) is 0.895. The number of nitrogens with one attached hydrogen (secondary N) is 1. The second kappa shape index (κ2) is 6.66. The van der Waals surface area contributed by atoms with Crippen LogP contribution in [-0.4, -0.2) is 18.6 Å². The third-order valence-corrected chi connectivity index (χ3v) is 3.42. The van der Waals surface area contributed by atoms with Gasteiger partial charge in [0.2, 0.25) is 0 Å². The molecule has 1 aromatic carbocycles. The summed E-state index contributed by atoms with van der Waals surface area (Å²) in [4.78, 5) is 5.85. The van der Waals surface area contributed by atoms with Crippen LogP contribution in [0.3, 0.4) is 0 Å². The fourth-order valence-electron chi connectivity index (χ4n) is 1.97. The Morgan fingerprint density at radius 2 is 2.06 bits per heavy atom. The molecule has 0 spiro atoms. The lowest BCUT2D eigenvalue weighted by Crippen LogP contribution is -3.07. The van der Waals surface area contributed by atoms with Crippen molar-refractivity contribution in [1.82, 2.24) is 4.98 Å². The molecular formula is C15H18BrN2+. The Morgan fingerprint density at radius 1 is 1.17 bits per heavy atom. The molecule has 0 radical (unpaired) electrons. The van der Waals surface area contributed by atoms with E-state index in [4.69, 9.17) is 0 Å². The lowest BCUT2D eigenvalue weighted by Gasteiger charge is -2.13. The number of likely N-dealkylation sites (N-methyl/N-ethyl adjacent to an activating group) is 1. The maximum absolute atomic E-state index is 4.35. The highest BCUT2D eigenvalue weighted by molar-refractivity contribution is 9.10. The molecule has 94 valence electrons. The molecule has 0 fully saturated rings. The van der Waals surface area contributed by atoms with E-state index in [1.54, 1.807) is 0 Å². The maximum atomic E-state index is 4.35. The number of rotatable bonds is 5. The van der Waals surface area contributed by atoms with E-state index in [0.717, 1.165) is 24.0 Å². The Labute approximate surface area is 117 Å². The lowest BCUT2D eigenvalue weighted by molar-refractivity contribution is -0.893. The second-order valence-corrected chi connectivity index (χ2v) is 5.50. The van der Waals surface area contributed by atoms with Gasteiger partial charge in [-0.25, -0.2) is 0 Å². The summed E-state index contributed by atoms with van der Waals surface area (Å²) >= 11 is 3.51. The smallest absolute Gasteiger partial charge is 0.103 e. The minimum absolute atomic E-state index is 1.03. The number of halogens is 1. The van der Waals surface area contributed by atoms with Gasteiger partial charge in [-0.1, -0.05) is 34.1 Å². The lowest BCUT2D eigenvalue weighted by atomic mass is 10.2. The summed E-state index contributed by atoms with van der Waals surface area (Å²) in [6, 6.07) is 14.6. The highest BCUT2D eigenvalue weighted by atomic mass is 79.9. The molecule has 1 heterocycles. The minimum Gasteiger partial charge on any atom is -0.333 e. The predicted octanol–water partition coefficient (Wildman–Crippen LogP) is 2.10. The van der Waals surface area contributed by atoms with E-state index >= 15 is 0 Å².